The largest absolute Gasteiger partial charge is 0.336 e. The van der Waals surface area contributed by atoms with Crippen LogP contribution in [0.2, 0.25) is 0 Å². The van der Waals surface area contributed by atoms with E-state index in [-0.39, 0.29) is 11.0 Å². The molecule has 5 rings (SSSR count). The number of halogens is 2. The summed E-state index contributed by atoms with van der Waals surface area (Å²) in [4.78, 5) is 15.8. The topological polar surface area (TPSA) is 92.3 Å². The van der Waals surface area contributed by atoms with Crippen molar-refractivity contribution in [1.82, 2.24) is 30.1 Å². The first kappa shape index (κ1) is 17.8. The fourth-order valence-electron chi connectivity index (χ4n) is 3.03. The fourth-order valence-corrected chi connectivity index (χ4v) is 3.03. The van der Waals surface area contributed by atoms with Crippen molar-refractivity contribution in [3.63, 3.8) is 0 Å². The standard InChI is InChI=1S/C21H13F2N7/c22-14-8-16(23)19-18(9-14)28-20(29-19)12-3-1-4-15(7-12)27-21-24-10-13(11-25-21)17-5-2-6-26-30-17/h1-11H,(H,28,29)(H,24,25,27). The van der Waals surface area contributed by atoms with Crippen molar-refractivity contribution < 1.29 is 8.78 Å². The van der Waals surface area contributed by atoms with Gasteiger partial charge in [0.2, 0.25) is 5.95 Å². The van der Waals surface area contributed by atoms with E-state index in [2.05, 4.69) is 35.5 Å². The summed E-state index contributed by atoms with van der Waals surface area (Å²) in [6.07, 6.45) is 4.90. The highest BCUT2D eigenvalue weighted by Gasteiger charge is 2.11. The van der Waals surface area contributed by atoms with Gasteiger partial charge in [0, 0.05) is 47.5 Å². The van der Waals surface area contributed by atoms with Gasteiger partial charge in [-0.15, -0.1) is 0 Å². The van der Waals surface area contributed by atoms with Gasteiger partial charge in [0.05, 0.1) is 11.2 Å². The Morgan fingerprint density at radius 2 is 1.77 bits per heavy atom. The summed E-state index contributed by atoms with van der Waals surface area (Å²) >= 11 is 0. The Labute approximate surface area is 168 Å². The van der Waals surface area contributed by atoms with Crippen LogP contribution in [0.4, 0.5) is 20.4 Å². The molecular weight excluding hydrogens is 388 g/mol. The fraction of sp³-hybridized carbons (Fsp3) is 0. The molecule has 7 nitrogen and oxygen atoms in total. The number of hydrogen-bond donors (Lipinski definition) is 2. The molecule has 0 fully saturated rings. The first-order chi connectivity index (χ1) is 14.7. The molecule has 0 atom stereocenters. The SMILES string of the molecule is Fc1cc(F)c2[nH]c(-c3cccc(Nc4ncc(-c5cccnn5)cn4)c3)nc2c1. The molecule has 3 aromatic heterocycles. The van der Waals surface area contributed by atoms with Crippen LogP contribution in [0.25, 0.3) is 33.7 Å². The Hall–Kier alpha value is -4.27. The lowest BCUT2D eigenvalue weighted by molar-refractivity contribution is 0.591. The van der Waals surface area contributed by atoms with Crippen LogP contribution in [0.15, 0.2) is 67.1 Å². The summed E-state index contributed by atoms with van der Waals surface area (Å²) in [6, 6.07) is 12.9. The number of H-pyrrole nitrogens is 1. The van der Waals surface area contributed by atoms with Crippen molar-refractivity contribution in [2.45, 2.75) is 0 Å². The number of nitrogens with zero attached hydrogens (tertiary/aromatic N) is 5. The first-order valence-electron chi connectivity index (χ1n) is 8.98. The third-order valence-electron chi connectivity index (χ3n) is 4.42. The van der Waals surface area contributed by atoms with Gasteiger partial charge in [0.15, 0.2) is 5.82 Å². The Bertz CT molecular complexity index is 1340. The van der Waals surface area contributed by atoms with Gasteiger partial charge in [0.25, 0.3) is 0 Å². The van der Waals surface area contributed by atoms with Crippen LogP contribution in [0, 0.1) is 11.6 Å². The highest BCUT2D eigenvalue weighted by molar-refractivity contribution is 5.80. The second kappa shape index (κ2) is 7.28. The number of benzene rings is 2. The van der Waals surface area contributed by atoms with Crippen LogP contribution in [-0.2, 0) is 0 Å². The molecular formula is C21H13F2N7. The van der Waals surface area contributed by atoms with Crippen molar-refractivity contribution in [2.75, 3.05) is 5.32 Å². The van der Waals surface area contributed by atoms with Gasteiger partial charge in [-0.1, -0.05) is 12.1 Å². The van der Waals surface area contributed by atoms with Crippen molar-refractivity contribution >= 4 is 22.7 Å². The van der Waals surface area contributed by atoms with Gasteiger partial charge in [-0.2, -0.15) is 10.2 Å². The minimum atomic E-state index is -0.686. The third-order valence-corrected chi connectivity index (χ3v) is 4.42. The number of hydrogen-bond acceptors (Lipinski definition) is 6. The van der Waals surface area contributed by atoms with Gasteiger partial charge in [-0.3, -0.25) is 0 Å². The molecule has 0 bridgehead atoms. The molecule has 0 unspecified atom stereocenters. The molecule has 9 heteroatoms. The van der Waals surface area contributed by atoms with Gasteiger partial charge in [-0.05, 0) is 24.3 Å². The Balaban J connectivity index is 1.41. The molecule has 0 spiro atoms. The third kappa shape index (κ3) is 3.44. The molecule has 146 valence electrons. The average molecular weight is 401 g/mol. The molecule has 0 radical (unpaired) electrons. The van der Waals surface area contributed by atoms with Crippen LogP contribution in [-0.4, -0.2) is 30.1 Å². The molecule has 2 N–H and O–H groups in total. The molecule has 5 aromatic rings. The summed E-state index contributed by atoms with van der Waals surface area (Å²) in [5, 5.41) is 11.0. The lowest BCUT2D eigenvalue weighted by atomic mass is 10.2. The van der Waals surface area contributed by atoms with Crippen LogP contribution in [0.3, 0.4) is 0 Å². The highest BCUT2D eigenvalue weighted by Crippen LogP contribution is 2.26. The molecule has 2 aromatic carbocycles. The van der Waals surface area contributed by atoms with Gasteiger partial charge < -0.3 is 10.3 Å². The maximum atomic E-state index is 13.9. The van der Waals surface area contributed by atoms with E-state index >= 15 is 0 Å². The zero-order valence-corrected chi connectivity index (χ0v) is 15.3. The van der Waals surface area contributed by atoms with Gasteiger partial charge in [0.1, 0.15) is 17.2 Å². The van der Waals surface area contributed by atoms with E-state index in [0.29, 0.717) is 28.7 Å². The van der Waals surface area contributed by atoms with Crippen LogP contribution >= 0.6 is 0 Å². The number of fused-ring (bicyclic) bond motifs is 1. The zero-order chi connectivity index (χ0) is 20.5. The van der Waals surface area contributed by atoms with E-state index in [0.717, 1.165) is 11.6 Å². The Kier molecular flexibility index (Phi) is 4.32. The quantitative estimate of drug-likeness (QED) is 0.461. The Morgan fingerprint density at radius 1 is 0.900 bits per heavy atom. The molecule has 0 saturated heterocycles. The van der Waals surface area contributed by atoms with E-state index in [1.54, 1.807) is 24.7 Å². The molecule has 0 aliphatic rings. The van der Waals surface area contributed by atoms with Crippen molar-refractivity contribution in [2.24, 2.45) is 0 Å². The predicted octanol–water partition coefficient (Wildman–Crippen LogP) is 4.50. The summed E-state index contributed by atoms with van der Waals surface area (Å²) in [5.74, 6) is -0.528. The summed E-state index contributed by atoms with van der Waals surface area (Å²) in [7, 11) is 0. The maximum absolute atomic E-state index is 13.9. The average Bonchev–Trinajstić information content (AvgIpc) is 3.20. The van der Waals surface area contributed by atoms with E-state index < -0.39 is 11.6 Å². The smallest absolute Gasteiger partial charge is 0.227 e. The van der Waals surface area contributed by atoms with Crippen molar-refractivity contribution in [3.05, 3.63) is 78.8 Å². The summed E-state index contributed by atoms with van der Waals surface area (Å²) in [6.45, 7) is 0. The lowest BCUT2D eigenvalue weighted by Crippen LogP contribution is -1.97. The second-order valence-corrected chi connectivity index (χ2v) is 6.48. The van der Waals surface area contributed by atoms with E-state index in [4.69, 9.17) is 0 Å². The van der Waals surface area contributed by atoms with E-state index in [1.165, 1.54) is 6.07 Å². The summed E-state index contributed by atoms with van der Waals surface area (Å²) < 4.78 is 27.4. The Morgan fingerprint density at radius 3 is 2.57 bits per heavy atom. The maximum Gasteiger partial charge on any atom is 0.227 e. The molecule has 0 aliphatic heterocycles. The zero-order valence-electron chi connectivity index (χ0n) is 15.3. The van der Waals surface area contributed by atoms with Gasteiger partial charge >= 0.3 is 0 Å². The minimum Gasteiger partial charge on any atom is -0.336 e. The minimum absolute atomic E-state index is 0.160. The summed E-state index contributed by atoms with van der Waals surface area (Å²) in [5.41, 5.74) is 3.23. The number of imidazole rings is 1. The van der Waals surface area contributed by atoms with Crippen molar-refractivity contribution in [1.29, 1.82) is 0 Å². The molecule has 30 heavy (non-hydrogen) atoms. The lowest BCUT2D eigenvalue weighted by Gasteiger charge is -2.06. The number of nitrogens with one attached hydrogen (secondary N) is 2. The molecule has 0 amide bonds. The van der Waals surface area contributed by atoms with Crippen LogP contribution in [0.1, 0.15) is 0 Å². The van der Waals surface area contributed by atoms with E-state index in [1.807, 2.05) is 30.3 Å². The van der Waals surface area contributed by atoms with Crippen LogP contribution < -0.4 is 5.32 Å². The molecule has 3 heterocycles. The van der Waals surface area contributed by atoms with E-state index in [9.17, 15) is 8.78 Å². The highest BCUT2D eigenvalue weighted by atomic mass is 19.1. The number of aromatic amines is 1. The molecule has 0 aliphatic carbocycles. The second-order valence-electron chi connectivity index (χ2n) is 6.48. The molecule has 0 saturated carbocycles. The van der Waals surface area contributed by atoms with Gasteiger partial charge in [-0.25, -0.2) is 23.7 Å². The van der Waals surface area contributed by atoms with Crippen LogP contribution in [0.5, 0.6) is 0 Å². The number of rotatable bonds is 4. The number of anilines is 2. The first-order valence-corrected chi connectivity index (χ1v) is 8.98. The van der Waals surface area contributed by atoms with Crippen molar-refractivity contribution in [3.8, 4) is 22.6 Å². The predicted molar refractivity (Wildman–Crippen MR) is 108 cm³/mol. The normalized spacial score (nSPS) is 11.0. The number of aromatic nitrogens is 6. The monoisotopic (exact) mass is 401 g/mol.